The van der Waals surface area contributed by atoms with Gasteiger partial charge in [0.25, 0.3) is 0 Å². The summed E-state index contributed by atoms with van der Waals surface area (Å²) in [5.74, 6) is 1.40. The van der Waals surface area contributed by atoms with E-state index in [1.807, 2.05) is 31.2 Å². The maximum Gasteiger partial charge on any atom is 0.248 e. The van der Waals surface area contributed by atoms with Gasteiger partial charge in [-0.15, -0.1) is 0 Å². The molecule has 21 heavy (non-hydrogen) atoms. The van der Waals surface area contributed by atoms with Crippen LogP contribution in [-0.2, 0) is 9.53 Å². The molecule has 0 radical (unpaired) electrons. The number of likely N-dealkylation sites (N-methyl/N-ethyl adjacent to an activating group) is 1. The lowest BCUT2D eigenvalue weighted by atomic mass is 10.2. The van der Waals surface area contributed by atoms with E-state index in [4.69, 9.17) is 19.9 Å². The van der Waals surface area contributed by atoms with Gasteiger partial charge in [-0.05, 0) is 19.1 Å². The molecule has 0 aliphatic carbocycles. The molecule has 1 unspecified atom stereocenters. The third kappa shape index (κ3) is 4.34. The molecule has 1 aromatic carbocycles. The first-order valence-corrected chi connectivity index (χ1v) is 7.18. The van der Waals surface area contributed by atoms with Gasteiger partial charge in [-0.1, -0.05) is 12.1 Å². The number of amides is 1. The van der Waals surface area contributed by atoms with Gasteiger partial charge in [-0.3, -0.25) is 4.79 Å². The fraction of sp³-hybridized carbons (Fsp3) is 0.533. The highest BCUT2D eigenvalue weighted by molar-refractivity contribution is 5.77. The van der Waals surface area contributed by atoms with Crippen LogP contribution < -0.4 is 15.2 Å². The molecule has 6 nitrogen and oxygen atoms in total. The van der Waals surface area contributed by atoms with Gasteiger partial charge in [0.05, 0.1) is 13.2 Å². The lowest BCUT2D eigenvalue weighted by Crippen LogP contribution is -2.44. The van der Waals surface area contributed by atoms with E-state index in [0.717, 1.165) is 11.5 Å². The summed E-state index contributed by atoms with van der Waals surface area (Å²) in [7, 11) is 0. The number of nitrogens with zero attached hydrogens (tertiary/aromatic N) is 1. The normalized spacial score (nSPS) is 16.6. The number of nitrogens with two attached hydrogens (primary N) is 1. The summed E-state index contributed by atoms with van der Waals surface area (Å²) < 4.78 is 16.7. The van der Waals surface area contributed by atoms with Gasteiger partial charge >= 0.3 is 0 Å². The number of benzene rings is 1. The third-order valence-electron chi connectivity index (χ3n) is 3.21. The summed E-state index contributed by atoms with van der Waals surface area (Å²) in [6, 6.07) is 7.53. The Morgan fingerprint density at radius 1 is 1.43 bits per heavy atom. The molecular weight excluding hydrogens is 272 g/mol. The lowest BCUT2D eigenvalue weighted by molar-refractivity contribution is -0.137. The molecular formula is C15H22N2O4. The summed E-state index contributed by atoms with van der Waals surface area (Å²) in [5.41, 5.74) is 5.33. The van der Waals surface area contributed by atoms with E-state index in [2.05, 4.69) is 0 Å². The van der Waals surface area contributed by atoms with Crippen LogP contribution in [0.15, 0.2) is 24.3 Å². The molecule has 2 rings (SSSR count). The van der Waals surface area contributed by atoms with Crippen LogP contribution in [0.5, 0.6) is 11.5 Å². The first-order chi connectivity index (χ1) is 10.2. The molecule has 0 bridgehead atoms. The smallest absolute Gasteiger partial charge is 0.248 e. The van der Waals surface area contributed by atoms with Gasteiger partial charge in [-0.2, -0.15) is 0 Å². The Hall–Kier alpha value is -1.79. The fourth-order valence-electron chi connectivity index (χ4n) is 2.14. The molecule has 0 saturated carbocycles. The maximum atomic E-state index is 12.0. The van der Waals surface area contributed by atoms with E-state index in [0.29, 0.717) is 32.8 Å². The lowest BCUT2D eigenvalue weighted by Gasteiger charge is -2.30. The van der Waals surface area contributed by atoms with Crippen molar-refractivity contribution in [2.24, 2.45) is 5.73 Å². The highest BCUT2D eigenvalue weighted by Gasteiger charge is 2.24. The van der Waals surface area contributed by atoms with Crippen molar-refractivity contribution in [1.29, 1.82) is 0 Å². The standard InChI is InChI=1S/C15H22N2O4/c1-2-17(15(18)11-19-8-7-16)9-12-10-20-13-5-3-4-6-14(13)21-12/h3-6,12H,2,7-11,16H2,1H3. The first-order valence-electron chi connectivity index (χ1n) is 7.18. The van der Waals surface area contributed by atoms with Gasteiger partial charge in [0.15, 0.2) is 17.6 Å². The zero-order valence-electron chi connectivity index (χ0n) is 12.3. The Balaban J connectivity index is 1.86. The quantitative estimate of drug-likeness (QED) is 0.747. The molecule has 1 aliphatic heterocycles. The molecule has 1 aromatic rings. The number of rotatable bonds is 7. The number of fused-ring (bicyclic) bond motifs is 1. The zero-order chi connectivity index (χ0) is 15.1. The van der Waals surface area contributed by atoms with Crippen molar-refractivity contribution in [2.45, 2.75) is 13.0 Å². The Kier molecular flexibility index (Phi) is 5.83. The molecule has 2 N–H and O–H groups in total. The van der Waals surface area contributed by atoms with E-state index >= 15 is 0 Å². The topological polar surface area (TPSA) is 74.0 Å². The zero-order valence-corrected chi connectivity index (χ0v) is 12.3. The van der Waals surface area contributed by atoms with Crippen LogP contribution in [0, 0.1) is 0 Å². The number of hydrogen-bond acceptors (Lipinski definition) is 5. The van der Waals surface area contributed by atoms with Gasteiger partial charge in [0, 0.05) is 13.1 Å². The Bertz CT molecular complexity index is 467. The van der Waals surface area contributed by atoms with Crippen molar-refractivity contribution < 1.29 is 19.0 Å². The molecule has 0 spiro atoms. The molecule has 1 atom stereocenters. The monoisotopic (exact) mass is 294 g/mol. The highest BCUT2D eigenvalue weighted by atomic mass is 16.6. The van der Waals surface area contributed by atoms with Crippen LogP contribution in [-0.4, -0.2) is 56.4 Å². The highest BCUT2D eigenvalue weighted by Crippen LogP contribution is 2.30. The van der Waals surface area contributed by atoms with Crippen molar-refractivity contribution >= 4 is 5.91 Å². The molecule has 1 aliphatic rings. The second kappa shape index (κ2) is 7.85. The summed E-state index contributed by atoms with van der Waals surface area (Å²) in [5, 5.41) is 0. The number of carbonyl (C=O) groups is 1. The van der Waals surface area contributed by atoms with E-state index in [9.17, 15) is 4.79 Å². The summed E-state index contributed by atoms with van der Waals surface area (Å²) in [4.78, 5) is 13.7. The summed E-state index contributed by atoms with van der Waals surface area (Å²) in [6.45, 7) is 4.30. The predicted octanol–water partition coefficient (Wildman–Crippen LogP) is 0.650. The van der Waals surface area contributed by atoms with Gasteiger partial charge in [0.2, 0.25) is 5.91 Å². The summed E-state index contributed by atoms with van der Waals surface area (Å²) in [6.07, 6.45) is -0.168. The van der Waals surface area contributed by atoms with Gasteiger partial charge in [-0.25, -0.2) is 0 Å². The minimum atomic E-state index is -0.168. The molecule has 116 valence electrons. The largest absolute Gasteiger partial charge is 0.486 e. The Labute approximate surface area is 124 Å². The van der Waals surface area contributed by atoms with Crippen molar-refractivity contribution in [3.05, 3.63) is 24.3 Å². The number of para-hydroxylation sites is 2. The second-order valence-corrected chi connectivity index (χ2v) is 4.77. The first kappa shape index (κ1) is 15.6. The van der Waals surface area contributed by atoms with Crippen LogP contribution in [0.2, 0.25) is 0 Å². The second-order valence-electron chi connectivity index (χ2n) is 4.77. The van der Waals surface area contributed by atoms with Crippen LogP contribution >= 0.6 is 0 Å². The molecule has 6 heteroatoms. The average Bonchev–Trinajstić information content (AvgIpc) is 2.52. The van der Waals surface area contributed by atoms with E-state index < -0.39 is 0 Å². The van der Waals surface area contributed by atoms with Crippen molar-refractivity contribution in [2.75, 3.05) is 39.5 Å². The Morgan fingerprint density at radius 3 is 2.90 bits per heavy atom. The van der Waals surface area contributed by atoms with Gasteiger partial charge in [0.1, 0.15) is 13.2 Å². The van der Waals surface area contributed by atoms with Crippen molar-refractivity contribution in [3.63, 3.8) is 0 Å². The van der Waals surface area contributed by atoms with E-state index in [1.165, 1.54) is 0 Å². The molecule has 1 heterocycles. The van der Waals surface area contributed by atoms with Gasteiger partial charge < -0.3 is 24.8 Å². The van der Waals surface area contributed by atoms with E-state index in [1.54, 1.807) is 4.90 Å². The maximum absolute atomic E-state index is 12.0. The van der Waals surface area contributed by atoms with Crippen molar-refractivity contribution in [3.8, 4) is 11.5 Å². The van der Waals surface area contributed by atoms with Crippen LogP contribution in [0.4, 0.5) is 0 Å². The molecule has 0 aromatic heterocycles. The predicted molar refractivity (Wildman–Crippen MR) is 78.5 cm³/mol. The molecule has 0 fully saturated rings. The van der Waals surface area contributed by atoms with Crippen LogP contribution in [0.3, 0.4) is 0 Å². The number of carbonyl (C=O) groups excluding carboxylic acids is 1. The SMILES string of the molecule is CCN(CC1COc2ccccc2O1)C(=O)COCCN. The molecule has 0 saturated heterocycles. The van der Waals surface area contributed by atoms with Crippen LogP contribution in [0.25, 0.3) is 0 Å². The van der Waals surface area contributed by atoms with E-state index in [-0.39, 0.29) is 18.6 Å². The van der Waals surface area contributed by atoms with Crippen LogP contribution in [0.1, 0.15) is 6.92 Å². The minimum Gasteiger partial charge on any atom is -0.486 e. The minimum absolute atomic E-state index is 0.0508. The number of ether oxygens (including phenoxy) is 3. The Morgan fingerprint density at radius 2 is 2.19 bits per heavy atom. The average molecular weight is 294 g/mol. The molecule has 1 amide bonds. The fourth-order valence-corrected chi connectivity index (χ4v) is 2.14. The third-order valence-corrected chi connectivity index (χ3v) is 3.21. The number of hydrogen-bond donors (Lipinski definition) is 1. The van der Waals surface area contributed by atoms with Crippen molar-refractivity contribution in [1.82, 2.24) is 4.90 Å². The summed E-state index contributed by atoms with van der Waals surface area (Å²) >= 11 is 0.